The predicted octanol–water partition coefficient (Wildman–Crippen LogP) is 3.30. The third kappa shape index (κ3) is 2.13. The van der Waals surface area contributed by atoms with Crippen LogP contribution in [0, 0.1) is 0 Å². The fourth-order valence-electron chi connectivity index (χ4n) is 2.41. The van der Waals surface area contributed by atoms with Crippen LogP contribution in [0.2, 0.25) is 5.02 Å². The molecule has 18 heavy (non-hydrogen) atoms. The van der Waals surface area contributed by atoms with E-state index in [9.17, 15) is 0 Å². The molecule has 1 aliphatic carbocycles. The molecule has 0 amide bonds. The lowest BCUT2D eigenvalue weighted by atomic mass is 10.2. The second kappa shape index (κ2) is 4.56. The van der Waals surface area contributed by atoms with Crippen molar-refractivity contribution in [2.24, 2.45) is 5.73 Å². The Labute approximate surface area is 112 Å². The molecule has 0 spiro atoms. The quantitative estimate of drug-likeness (QED) is 0.920. The first kappa shape index (κ1) is 12.0. The van der Waals surface area contributed by atoms with Crippen molar-refractivity contribution < 1.29 is 0 Å². The summed E-state index contributed by atoms with van der Waals surface area (Å²) in [6.07, 6.45) is 4.37. The third-order valence-corrected chi connectivity index (χ3v) is 3.77. The van der Waals surface area contributed by atoms with Gasteiger partial charge in [0.1, 0.15) is 5.82 Å². The normalized spacial score (nSPS) is 17.3. The topological polar surface area (TPSA) is 43.8 Å². The maximum atomic E-state index is 6.32. The van der Waals surface area contributed by atoms with E-state index in [1.807, 2.05) is 25.1 Å². The van der Waals surface area contributed by atoms with Crippen molar-refractivity contribution in [1.29, 1.82) is 0 Å². The SMILES string of the molecule is CC(N)CCc1nc2cccc(Cl)c2n1C1CC1. The van der Waals surface area contributed by atoms with Gasteiger partial charge < -0.3 is 10.3 Å². The maximum absolute atomic E-state index is 6.32. The largest absolute Gasteiger partial charge is 0.328 e. The Morgan fingerprint density at radius 2 is 2.28 bits per heavy atom. The molecule has 1 aromatic heterocycles. The van der Waals surface area contributed by atoms with Gasteiger partial charge in [0, 0.05) is 18.5 Å². The summed E-state index contributed by atoms with van der Waals surface area (Å²) in [4.78, 5) is 4.73. The average Bonchev–Trinajstić information content (AvgIpc) is 3.08. The maximum Gasteiger partial charge on any atom is 0.110 e. The van der Waals surface area contributed by atoms with Crippen LogP contribution in [0.5, 0.6) is 0 Å². The molecule has 1 fully saturated rings. The van der Waals surface area contributed by atoms with E-state index in [1.165, 1.54) is 12.8 Å². The zero-order valence-electron chi connectivity index (χ0n) is 10.6. The number of aryl methyl sites for hydroxylation is 1. The van der Waals surface area contributed by atoms with Gasteiger partial charge in [-0.2, -0.15) is 0 Å². The minimum absolute atomic E-state index is 0.216. The van der Waals surface area contributed by atoms with Crippen molar-refractivity contribution in [1.82, 2.24) is 9.55 Å². The predicted molar refractivity (Wildman–Crippen MR) is 75.0 cm³/mol. The molecule has 2 aromatic rings. The molecule has 1 aliphatic rings. The van der Waals surface area contributed by atoms with E-state index >= 15 is 0 Å². The molecule has 1 aromatic carbocycles. The van der Waals surface area contributed by atoms with Crippen molar-refractivity contribution in [3.8, 4) is 0 Å². The van der Waals surface area contributed by atoms with Crippen LogP contribution in [0.1, 0.15) is 38.1 Å². The highest BCUT2D eigenvalue weighted by Gasteiger charge is 2.28. The summed E-state index contributed by atoms with van der Waals surface area (Å²) in [7, 11) is 0. The number of halogens is 1. The molecule has 3 nitrogen and oxygen atoms in total. The van der Waals surface area contributed by atoms with E-state index in [4.69, 9.17) is 22.3 Å². The van der Waals surface area contributed by atoms with Crippen LogP contribution in [0.3, 0.4) is 0 Å². The Bertz CT molecular complexity index is 570. The Morgan fingerprint density at radius 3 is 2.94 bits per heavy atom. The van der Waals surface area contributed by atoms with Gasteiger partial charge in [-0.15, -0.1) is 0 Å². The number of nitrogens with two attached hydrogens (primary N) is 1. The minimum Gasteiger partial charge on any atom is -0.328 e. The van der Waals surface area contributed by atoms with Gasteiger partial charge in [0.25, 0.3) is 0 Å². The highest BCUT2D eigenvalue weighted by Crippen LogP contribution is 2.40. The Hall–Kier alpha value is -1.06. The number of nitrogens with zero attached hydrogens (tertiary/aromatic N) is 2. The first-order valence-corrected chi connectivity index (χ1v) is 6.95. The average molecular weight is 264 g/mol. The molecular weight excluding hydrogens is 246 g/mol. The van der Waals surface area contributed by atoms with Gasteiger partial charge >= 0.3 is 0 Å². The van der Waals surface area contributed by atoms with Crippen LogP contribution in [-0.4, -0.2) is 15.6 Å². The standard InChI is InChI=1S/C14H18ClN3/c1-9(16)5-8-13-17-12-4-2-3-11(15)14(12)18(13)10-6-7-10/h2-4,9-10H,5-8,16H2,1H3. The van der Waals surface area contributed by atoms with Gasteiger partial charge in [0.05, 0.1) is 16.1 Å². The Morgan fingerprint density at radius 1 is 1.50 bits per heavy atom. The summed E-state index contributed by atoms with van der Waals surface area (Å²) in [6.45, 7) is 2.04. The molecule has 0 radical (unpaired) electrons. The van der Waals surface area contributed by atoms with Gasteiger partial charge in [-0.05, 0) is 38.3 Å². The molecule has 1 heterocycles. The Balaban J connectivity index is 2.07. The van der Waals surface area contributed by atoms with E-state index in [2.05, 4.69) is 4.57 Å². The van der Waals surface area contributed by atoms with Crippen LogP contribution in [0.4, 0.5) is 0 Å². The number of hydrogen-bond acceptors (Lipinski definition) is 2. The summed E-state index contributed by atoms with van der Waals surface area (Å²) in [5, 5.41) is 0.805. The summed E-state index contributed by atoms with van der Waals surface area (Å²) < 4.78 is 2.33. The summed E-state index contributed by atoms with van der Waals surface area (Å²) in [5.74, 6) is 1.14. The number of imidazole rings is 1. The van der Waals surface area contributed by atoms with Gasteiger partial charge in [-0.3, -0.25) is 0 Å². The Kier molecular flexibility index (Phi) is 3.04. The van der Waals surface area contributed by atoms with Gasteiger partial charge in [-0.25, -0.2) is 4.98 Å². The first-order valence-electron chi connectivity index (χ1n) is 6.57. The molecule has 1 atom stereocenters. The molecule has 1 unspecified atom stereocenters. The molecule has 2 N–H and O–H groups in total. The lowest BCUT2D eigenvalue weighted by Gasteiger charge is -2.09. The molecule has 0 aliphatic heterocycles. The van der Waals surface area contributed by atoms with Crippen molar-refractivity contribution in [3.63, 3.8) is 0 Å². The van der Waals surface area contributed by atoms with Crippen LogP contribution in [0.15, 0.2) is 18.2 Å². The second-order valence-corrected chi connectivity index (χ2v) is 5.66. The molecule has 96 valence electrons. The van der Waals surface area contributed by atoms with E-state index < -0.39 is 0 Å². The van der Waals surface area contributed by atoms with Crippen molar-refractivity contribution in [3.05, 3.63) is 29.0 Å². The smallest absolute Gasteiger partial charge is 0.110 e. The third-order valence-electron chi connectivity index (χ3n) is 3.47. The van der Waals surface area contributed by atoms with Crippen LogP contribution < -0.4 is 5.73 Å². The lowest BCUT2D eigenvalue weighted by molar-refractivity contribution is 0.615. The first-order chi connectivity index (χ1) is 8.66. The molecule has 0 saturated heterocycles. The minimum atomic E-state index is 0.216. The number of fused-ring (bicyclic) bond motifs is 1. The molecule has 0 bridgehead atoms. The fraction of sp³-hybridized carbons (Fsp3) is 0.500. The van der Waals surface area contributed by atoms with Gasteiger partial charge in [-0.1, -0.05) is 17.7 Å². The van der Waals surface area contributed by atoms with Crippen LogP contribution in [0.25, 0.3) is 11.0 Å². The summed E-state index contributed by atoms with van der Waals surface area (Å²) >= 11 is 6.32. The monoisotopic (exact) mass is 263 g/mol. The number of para-hydroxylation sites is 1. The number of benzene rings is 1. The van der Waals surface area contributed by atoms with E-state index in [0.717, 1.165) is 34.7 Å². The van der Waals surface area contributed by atoms with Crippen LogP contribution >= 0.6 is 11.6 Å². The zero-order chi connectivity index (χ0) is 12.7. The molecular formula is C14H18ClN3. The highest BCUT2D eigenvalue weighted by atomic mass is 35.5. The fourth-order valence-corrected chi connectivity index (χ4v) is 2.67. The van der Waals surface area contributed by atoms with Crippen molar-refractivity contribution >= 4 is 22.6 Å². The summed E-state index contributed by atoms with van der Waals surface area (Å²) in [5.41, 5.74) is 7.95. The zero-order valence-corrected chi connectivity index (χ0v) is 11.3. The highest BCUT2D eigenvalue weighted by molar-refractivity contribution is 6.35. The van der Waals surface area contributed by atoms with E-state index in [0.29, 0.717) is 6.04 Å². The molecule has 4 heteroatoms. The second-order valence-electron chi connectivity index (χ2n) is 5.25. The van der Waals surface area contributed by atoms with E-state index in [1.54, 1.807) is 0 Å². The van der Waals surface area contributed by atoms with E-state index in [-0.39, 0.29) is 6.04 Å². The number of hydrogen-bond donors (Lipinski definition) is 1. The number of rotatable bonds is 4. The number of aromatic nitrogens is 2. The lowest BCUT2D eigenvalue weighted by Crippen LogP contribution is -2.16. The molecule has 3 rings (SSSR count). The van der Waals surface area contributed by atoms with Crippen molar-refractivity contribution in [2.75, 3.05) is 0 Å². The van der Waals surface area contributed by atoms with Crippen molar-refractivity contribution in [2.45, 2.75) is 44.7 Å². The summed E-state index contributed by atoms with van der Waals surface area (Å²) in [6, 6.07) is 6.75. The van der Waals surface area contributed by atoms with Gasteiger partial charge in [0.2, 0.25) is 0 Å². The molecule has 1 saturated carbocycles. The van der Waals surface area contributed by atoms with Gasteiger partial charge in [0.15, 0.2) is 0 Å². The van der Waals surface area contributed by atoms with Crippen LogP contribution in [-0.2, 0) is 6.42 Å².